The molecule has 0 aliphatic heterocycles. The molecular weight excluding hydrogens is 242 g/mol. The summed E-state index contributed by atoms with van der Waals surface area (Å²) in [5, 5.41) is 15.4. The Labute approximate surface area is 112 Å². The summed E-state index contributed by atoms with van der Waals surface area (Å²) >= 11 is 0. The van der Waals surface area contributed by atoms with Gasteiger partial charge in [-0.3, -0.25) is 0 Å². The van der Waals surface area contributed by atoms with Crippen LogP contribution in [0, 0.1) is 6.92 Å². The summed E-state index contributed by atoms with van der Waals surface area (Å²) in [6.07, 6.45) is 0.704. The minimum atomic E-state index is 0.161. The Kier molecular flexibility index (Phi) is 4.11. The molecule has 0 spiro atoms. The average molecular weight is 261 g/mol. The lowest BCUT2D eigenvalue weighted by atomic mass is 10.0. The van der Waals surface area contributed by atoms with E-state index in [1.165, 1.54) is 10.4 Å². The number of hydrogen-bond donors (Lipinski definition) is 1. The van der Waals surface area contributed by atoms with Crippen LogP contribution in [-0.2, 0) is 13.5 Å². The monoisotopic (exact) mass is 261 g/mol. The lowest BCUT2D eigenvalue weighted by Crippen LogP contribution is -2.19. The summed E-state index contributed by atoms with van der Waals surface area (Å²) in [7, 11) is 5.38. The molecule has 1 N–H and O–H groups in total. The molecule has 0 radical (unpaired) electrons. The number of rotatable bonds is 5. The van der Waals surface area contributed by atoms with Crippen LogP contribution in [0.2, 0.25) is 0 Å². The molecule has 6 nitrogen and oxygen atoms in total. The molecule has 2 rings (SSSR count). The zero-order valence-electron chi connectivity index (χ0n) is 11.7. The molecule has 2 aromatic rings. The second-order valence-corrected chi connectivity index (χ2v) is 4.47. The molecule has 0 saturated heterocycles. The summed E-state index contributed by atoms with van der Waals surface area (Å²) in [5.74, 6) is 1.63. The van der Waals surface area contributed by atoms with Gasteiger partial charge in [0.1, 0.15) is 5.75 Å². The van der Waals surface area contributed by atoms with Gasteiger partial charge in [0.05, 0.1) is 14.2 Å². The fraction of sp³-hybridized carbons (Fsp3) is 0.462. The van der Waals surface area contributed by atoms with Gasteiger partial charge in [-0.1, -0.05) is 12.1 Å². The molecule has 102 valence electrons. The molecular formula is C13H19N5O. The predicted molar refractivity (Wildman–Crippen MR) is 72.0 cm³/mol. The molecule has 1 heterocycles. The van der Waals surface area contributed by atoms with Crippen LogP contribution in [0.5, 0.6) is 5.75 Å². The first-order chi connectivity index (χ1) is 9.13. The van der Waals surface area contributed by atoms with Gasteiger partial charge >= 0.3 is 0 Å². The van der Waals surface area contributed by atoms with Crippen molar-refractivity contribution in [2.75, 3.05) is 14.2 Å². The number of likely N-dealkylation sites (N-methyl/N-ethyl adjacent to an activating group) is 1. The van der Waals surface area contributed by atoms with Gasteiger partial charge in [0, 0.05) is 12.5 Å². The van der Waals surface area contributed by atoms with Crippen molar-refractivity contribution in [1.29, 1.82) is 0 Å². The maximum atomic E-state index is 5.28. The maximum absolute atomic E-state index is 5.28. The van der Waals surface area contributed by atoms with E-state index in [2.05, 4.69) is 32.9 Å². The van der Waals surface area contributed by atoms with Crippen molar-refractivity contribution in [3.8, 4) is 5.75 Å². The summed E-state index contributed by atoms with van der Waals surface area (Å²) in [6, 6.07) is 6.33. The number of hydrogen-bond acceptors (Lipinski definition) is 5. The van der Waals surface area contributed by atoms with Gasteiger partial charge in [-0.25, -0.2) is 0 Å². The van der Waals surface area contributed by atoms with E-state index < -0.39 is 0 Å². The van der Waals surface area contributed by atoms with Gasteiger partial charge in [0.25, 0.3) is 0 Å². The van der Waals surface area contributed by atoms with E-state index in [1.807, 2.05) is 20.0 Å². The SMILES string of the molecule is CNC(Cc1nnn(C)n1)c1ccc(OC)c(C)c1. The second-order valence-electron chi connectivity index (χ2n) is 4.47. The van der Waals surface area contributed by atoms with Crippen LogP contribution < -0.4 is 10.1 Å². The Bertz CT molecular complexity index is 552. The highest BCUT2D eigenvalue weighted by molar-refractivity contribution is 5.37. The molecule has 1 atom stereocenters. The lowest BCUT2D eigenvalue weighted by Gasteiger charge is -2.16. The van der Waals surface area contributed by atoms with Crippen LogP contribution in [0.15, 0.2) is 18.2 Å². The molecule has 6 heteroatoms. The molecule has 0 bridgehead atoms. The van der Waals surface area contributed by atoms with Crippen molar-refractivity contribution < 1.29 is 4.74 Å². The van der Waals surface area contributed by atoms with E-state index in [0.29, 0.717) is 6.42 Å². The molecule has 0 saturated carbocycles. The summed E-state index contributed by atoms with van der Waals surface area (Å²) in [4.78, 5) is 1.47. The first-order valence-electron chi connectivity index (χ1n) is 6.18. The Morgan fingerprint density at radius 1 is 1.42 bits per heavy atom. The van der Waals surface area contributed by atoms with E-state index in [0.717, 1.165) is 17.1 Å². The van der Waals surface area contributed by atoms with E-state index in [4.69, 9.17) is 4.74 Å². The number of benzene rings is 1. The van der Waals surface area contributed by atoms with Crippen LogP contribution in [0.3, 0.4) is 0 Å². The van der Waals surface area contributed by atoms with Crippen molar-refractivity contribution in [2.45, 2.75) is 19.4 Å². The van der Waals surface area contributed by atoms with Crippen LogP contribution in [0.1, 0.15) is 23.0 Å². The molecule has 0 aliphatic rings. The Morgan fingerprint density at radius 2 is 2.21 bits per heavy atom. The molecule has 1 unspecified atom stereocenters. The number of aryl methyl sites for hydroxylation is 2. The van der Waals surface area contributed by atoms with Gasteiger partial charge in [-0.15, -0.1) is 10.2 Å². The van der Waals surface area contributed by atoms with Crippen molar-refractivity contribution in [3.05, 3.63) is 35.2 Å². The highest BCUT2D eigenvalue weighted by Crippen LogP contribution is 2.23. The quantitative estimate of drug-likeness (QED) is 0.871. The van der Waals surface area contributed by atoms with E-state index in [-0.39, 0.29) is 6.04 Å². The Morgan fingerprint density at radius 3 is 2.74 bits per heavy atom. The third-order valence-electron chi connectivity index (χ3n) is 3.11. The summed E-state index contributed by atoms with van der Waals surface area (Å²) < 4.78 is 5.28. The molecule has 0 aliphatic carbocycles. The number of tetrazole rings is 1. The molecule has 1 aromatic heterocycles. The van der Waals surface area contributed by atoms with Crippen LogP contribution >= 0.6 is 0 Å². The number of nitrogens with one attached hydrogen (secondary N) is 1. The minimum absolute atomic E-state index is 0.161. The van der Waals surface area contributed by atoms with Gasteiger partial charge < -0.3 is 10.1 Å². The molecule has 0 amide bonds. The van der Waals surface area contributed by atoms with Crippen LogP contribution in [-0.4, -0.2) is 34.4 Å². The fourth-order valence-electron chi connectivity index (χ4n) is 2.09. The molecule has 0 fully saturated rings. The maximum Gasteiger partial charge on any atom is 0.176 e. The average Bonchev–Trinajstić information content (AvgIpc) is 2.81. The van der Waals surface area contributed by atoms with Crippen molar-refractivity contribution in [3.63, 3.8) is 0 Å². The van der Waals surface area contributed by atoms with Gasteiger partial charge in [0.15, 0.2) is 5.82 Å². The number of ether oxygens (including phenoxy) is 1. The smallest absolute Gasteiger partial charge is 0.176 e. The highest BCUT2D eigenvalue weighted by Gasteiger charge is 2.14. The summed E-state index contributed by atoms with van der Waals surface area (Å²) in [6.45, 7) is 2.04. The zero-order valence-corrected chi connectivity index (χ0v) is 11.7. The van der Waals surface area contributed by atoms with Gasteiger partial charge in [0.2, 0.25) is 0 Å². The number of methoxy groups -OCH3 is 1. The zero-order chi connectivity index (χ0) is 13.8. The third kappa shape index (κ3) is 3.08. The van der Waals surface area contributed by atoms with Crippen molar-refractivity contribution >= 4 is 0 Å². The van der Waals surface area contributed by atoms with Crippen LogP contribution in [0.4, 0.5) is 0 Å². The van der Waals surface area contributed by atoms with Gasteiger partial charge in [-0.2, -0.15) is 4.80 Å². The Balaban J connectivity index is 2.19. The van der Waals surface area contributed by atoms with Crippen LogP contribution in [0.25, 0.3) is 0 Å². The predicted octanol–water partition coefficient (Wildman–Crippen LogP) is 1.03. The highest BCUT2D eigenvalue weighted by atomic mass is 16.5. The van der Waals surface area contributed by atoms with Gasteiger partial charge in [-0.05, 0) is 36.4 Å². The van der Waals surface area contributed by atoms with E-state index >= 15 is 0 Å². The minimum Gasteiger partial charge on any atom is -0.496 e. The van der Waals surface area contributed by atoms with E-state index in [9.17, 15) is 0 Å². The third-order valence-corrected chi connectivity index (χ3v) is 3.11. The fourth-order valence-corrected chi connectivity index (χ4v) is 2.09. The van der Waals surface area contributed by atoms with Crippen molar-refractivity contribution in [1.82, 2.24) is 25.5 Å². The van der Waals surface area contributed by atoms with E-state index in [1.54, 1.807) is 14.2 Å². The largest absolute Gasteiger partial charge is 0.496 e. The first kappa shape index (κ1) is 13.5. The van der Waals surface area contributed by atoms with Crippen molar-refractivity contribution in [2.24, 2.45) is 7.05 Å². The second kappa shape index (κ2) is 5.79. The molecule has 1 aromatic carbocycles. The first-order valence-corrected chi connectivity index (χ1v) is 6.18. The lowest BCUT2D eigenvalue weighted by molar-refractivity contribution is 0.411. The normalized spacial score (nSPS) is 12.4. The number of aromatic nitrogens is 4. The topological polar surface area (TPSA) is 64.9 Å². The summed E-state index contributed by atoms with van der Waals surface area (Å²) in [5.41, 5.74) is 2.31. The standard InChI is InChI=1S/C13H19N5O/c1-9-7-10(5-6-12(9)19-4)11(14-2)8-13-15-17-18(3)16-13/h5-7,11,14H,8H2,1-4H3. The number of nitrogens with zero attached hydrogens (tertiary/aromatic N) is 4. The molecule has 19 heavy (non-hydrogen) atoms. The Hall–Kier alpha value is -1.95.